The Morgan fingerprint density at radius 2 is 2.21 bits per heavy atom. The van der Waals surface area contributed by atoms with Crippen LogP contribution < -0.4 is 0 Å². The smallest absolute Gasteiger partial charge is 0.384 e. The third-order valence-electron chi connectivity index (χ3n) is 1.67. The summed E-state index contributed by atoms with van der Waals surface area (Å²) in [6.45, 7) is 1.88. The quantitative estimate of drug-likeness (QED) is 0.483. The monoisotopic (exact) mass is 208 g/mol. The van der Waals surface area contributed by atoms with Gasteiger partial charge in [-0.3, -0.25) is 0 Å². The van der Waals surface area contributed by atoms with Crippen LogP contribution in [0.5, 0.6) is 0 Å². The van der Waals surface area contributed by atoms with Crippen LogP contribution in [0.25, 0.3) is 0 Å². The molecule has 0 unspecified atom stereocenters. The maximum Gasteiger partial charge on any atom is 0.384 e. The first-order valence-electron chi connectivity index (χ1n) is 3.99. The minimum atomic E-state index is -0.542. The summed E-state index contributed by atoms with van der Waals surface area (Å²) >= 11 is 5.77. The van der Waals surface area contributed by atoms with Gasteiger partial charge in [-0.25, -0.2) is 4.79 Å². The van der Waals surface area contributed by atoms with Crippen LogP contribution in [0.3, 0.4) is 0 Å². The number of carbonyl (C=O) groups excluding carboxylic acids is 1. The van der Waals surface area contributed by atoms with E-state index < -0.39 is 5.97 Å². The van der Waals surface area contributed by atoms with Gasteiger partial charge in [-0.05, 0) is 30.7 Å². The third kappa shape index (κ3) is 2.79. The lowest BCUT2D eigenvalue weighted by Gasteiger charge is -1.97. The summed E-state index contributed by atoms with van der Waals surface area (Å²) in [6.07, 6.45) is 0. The molecule has 0 N–H and O–H groups in total. The van der Waals surface area contributed by atoms with Crippen molar-refractivity contribution in [3.8, 4) is 11.8 Å². The number of hydrogen-bond acceptors (Lipinski definition) is 2. The zero-order valence-electron chi connectivity index (χ0n) is 7.93. The highest BCUT2D eigenvalue weighted by Gasteiger charge is 1.96. The van der Waals surface area contributed by atoms with Crippen molar-refractivity contribution in [2.45, 2.75) is 6.92 Å². The van der Waals surface area contributed by atoms with Crippen molar-refractivity contribution in [2.75, 3.05) is 7.11 Å². The van der Waals surface area contributed by atoms with E-state index >= 15 is 0 Å². The predicted octanol–water partition coefficient (Wildman–Crippen LogP) is 2.17. The summed E-state index contributed by atoms with van der Waals surface area (Å²) in [5, 5.41) is 0.658. The number of rotatable bonds is 0. The van der Waals surface area contributed by atoms with Crippen molar-refractivity contribution in [3.05, 3.63) is 34.3 Å². The summed E-state index contributed by atoms with van der Waals surface area (Å²) in [5.41, 5.74) is 1.72. The standard InChI is InChI=1S/C11H9ClO2/c1-8-7-10(12)5-3-9(8)4-6-11(13)14-2/h3,5,7H,1-2H3. The predicted molar refractivity (Wildman–Crippen MR) is 55.1 cm³/mol. The molecule has 0 atom stereocenters. The summed E-state index contributed by atoms with van der Waals surface area (Å²) in [7, 11) is 1.30. The number of aryl methyl sites for hydroxylation is 1. The maximum absolute atomic E-state index is 10.7. The van der Waals surface area contributed by atoms with Gasteiger partial charge in [0.25, 0.3) is 0 Å². The lowest BCUT2D eigenvalue weighted by atomic mass is 10.1. The van der Waals surface area contributed by atoms with Crippen LogP contribution in [0.15, 0.2) is 18.2 Å². The molecule has 0 aliphatic heterocycles. The minimum Gasteiger partial charge on any atom is -0.459 e. The lowest BCUT2D eigenvalue weighted by Crippen LogP contribution is -1.94. The van der Waals surface area contributed by atoms with Crippen molar-refractivity contribution in [3.63, 3.8) is 0 Å². The fourth-order valence-electron chi connectivity index (χ4n) is 0.937. The second-order valence-corrected chi connectivity index (χ2v) is 3.14. The van der Waals surface area contributed by atoms with E-state index in [2.05, 4.69) is 16.6 Å². The molecule has 0 amide bonds. The van der Waals surface area contributed by atoms with Crippen LogP contribution in [-0.2, 0) is 9.53 Å². The maximum atomic E-state index is 10.7. The van der Waals surface area contributed by atoms with Gasteiger partial charge in [0.15, 0.2) is 0 Å². The SMILES string of the molecule is COC(=O)C#Cc1ccc(Cl)cc1C. The van der Waals surface area contributed by atoms with E-state index in [4.69, 9.17) is 11.6 Å². The average Bonchev–Trinajstić information content (AvgIpc) is 2.16. The molecule has 14 heavy (non-hydrogen) atoms. The van der Waals surface area contributed by atoms with Gasteiger partial charge in [-0.15, -0.1) is 0 Å². The van der Waals surface area contributed by atoms with Crippen molar-refractivity contribution >= 4 is 17.6 Å². The first-order valence-corrected chi connectivity index (χ1v) is 4.37. The molecular formula is C11H9ClO2. The largest absolute Gasteiger partial charge is 0.459 e. The van der Waals surface area contributed by atoms with E-state index in [1.807, 2.05) is 6.92 Å². The first kappa shape index (κ1) is 10.6. The topological polar surface area (TPSA) is 26.3 Å². The number of halogens is 1. The molecule has 1 aromatic rings. The molecule has 0 aliphatic rings. The van der Waals surface area contributed by atoms with E-state index in [0.717, 1.165) is 11.1 Å². The van der Waals surface area contributed by atoms with Crippen LogP contribution in [0.4, 0.5) is 0 Å². The van der Waals surface area contributed by atoms with Gasteiger partial charge in [0, 0.05) is 16.5 Å². The van der Waals surface area contributed by atoms with Crippen molar-refractivity contribution < 1.29 is 9.53 Å². The Morgan fingerprint density at radius 3 is 2.79 bits per heavy atom. The van der Waals surface area contributed by atoms with Crippen molar-refractivity contribution in [1.82, 2.24) is 0 Å². The molecular weight excluding hydrogens is 200 g/mol. The molecule has 0 aliphatic carbocycles. The molecule has 0 spiro atoms. The molecule has 0 saturated heterocycles. The molecule has 0 aromatic heterocycles. The molecule has 3 heteroatoms. The van der Waals surface area contributed by atoms with Crippen molar-refractivity contribution in [2.24, 2.45) is 0 Å². The average molecular weight is 209 g/mol. The number of benzene rings is 1. The highest BCUT2D eigenvalue weighted by atomic mass is 35.5. The second kappa shape index (κ2) is 4.69. The molecule has 1 rings (SSSR count). The van der Waals surface area contributed by atoms with Crippen LogP contribution >= 0.6 is 11.6 Å². The van der Waals surface area contributed by atoms with E-state index in [1.54, 1.807) is 18.2 Å². The molecule has 0 bridgehead atoms. The number of carbonyl (C=O) groups is 1. The number of methoxy groups -OCH3 is 1. The Hall–Kier alpha value is -1.46. The van der Waals surface area contributed by atoms with Gasteiger partial charge in [0.2, 0.25) is 0 Å². The normalized spacial score (nSPS) is 8.79. The highest BCUT2D eigenvalue weighted by Crippen LogP contribution is 2.13. The fraction of sp³-hybridized carbons (Fsp3) is 0.182. The van der Waals surface area contributed by atoms with Gasteiger partial charge in [-0.1, -0.05) is 17.5 Å². The molecule has 72 valence electrons. The molecule has 0 fully saturated rings. The zero-order chi connectivity index (χ0) is 10.6. The number of hydrogen-bond donors (Lipinski definition) is 0. The van der Waals surface area contributed by atoms with E-state index in [0.29, 0.717) is 5.02 Å². The van der Waals surface area contributed by atoms with Gasteiger partial charge in [0.05, 0.1) is 7.11 Å². The van der Waals surface area contributed by atoms with E-state index in [9.17, 15) is 4.79 Å². The van der Waals surface area contributed by atoms with Crippen LogP contribution in [-0.4, -0.2) is 13.1 Å². The fourth-order valence-corrected chi connectivity index (χ4v) is 1.16. The zero-order valence-corrected chi connectivity index (χ0v) is 8.68. The summed E-state index contributed by atoms with van der Waals surface area (Å²) in [4.78, 5) is 10.7. The Bertz CT molecular complexity index is 413. The van der Waals surface area contributed by atoms with Gasteiger partial charge < -0.3 is 4.74 Å². The van der Waals surface area contributed by atoms with Gasteiger partial charge in [0.1, 0.15) is 0 Å². The van der Waals surface area contributed by atoms with Crippen LogP contribution in [0, 0.1) is 18.8 Å². The summed E-state index contributed by atoms with van der Waals surface area (Å²) < 4.78 is 4.40. The molecule has 0 saturated carbocycles. The van der Waals surface area contributed by atoms with E-state index in [1.165, 1.54) is 7.11 Å². The van der Waals surface area contributed by atoms with Gasteiger partial charge >= 0.3 is 5.97 Å². The lowest BCUT2D eigenvalue weighted by molar-refractivity contribution is -0.133. The Labute approximate surface area is 87.8 Å². The minimum absolute atomic E-state index is 0.542. The molecule has 0 heterocycles. The Balaban J connectivity index is 2.96. The number of esters is 1. The second-order valence-electron chi connectivity index (χ2n) is 2.70. The van der Waals surface area contributed by atoms with Crippen LogP contribution in [0.2, 0.25) is 5.02 Å². The van der Waals surface area contributed by atoms with Crippen LogP contribution in [0.1, 0.15) is 11.1 Å². The molecule has 0 radical (unpaired) electrons. The Morgan fingerprint density at radius 1 is 1.50 bits per heavy atom. The first-order chi connectivity index (χ1) is 6.63. The van der Waals surface area contributed by atoms with E-state index in [-0.39, 0.29) is 0 Å². The molecule has 2 nitrogen and oxygen atoms in total. The third-order valence-corrected chi connectivity index (χ3v) is 1.91. The summed E-state index contributed by atoms with van der Waals surface area (Å²) in [5.74, 6) is 4.52. The Kier molecular flexibility index (Phi) is 3.55. The number of ether oxygens (including phenoxy) is 1. The van der Waals surface area contributed by atoms with Crippen molar-refractivity contribution in [1.29, 1.82) is 0 Å². The highest BCUT2D eigenvalue weighted by molar-refractivity contribution is 6.30. The van der Waals surface area contributed by atoms with Gasteiger partial charge in [-0.2, -0.15) is 0 Å². The molecule has 1 aromatic carbocycles. The summed E-state index contributed by atoms with van der Waals surface area (Å²) in [6, 6.07) is 5.30.